The molecule has 1 aliphatic rings. The average Bonchev–Trinajstić information content (AvgIpc) is 2.83. The van der Waals surface area contributed by atoms with Crippen molar-refractivity contribution in [1.29, 1.82) is 0 Å². The van der Waals surface area contributed by atoms with Crippen molar-refractivity contribution in [3.8, 4) is 5.75 Å². The molecule has 0 amide bonds. The first kappa shape index (κ1) is 13.7. The van der Waals surface area contributed by atoms with Gasteiger partial charge in [-0.1, -0.05) is 25.8 Å². The van der Waals surface area contributed by atoms with Gasteiger partial charge in [0.1, 0.15) is 11.3 Å². The van der Waals surface area contributed by atoms with Crippen molar-refractivity contribution in [3.63, 3.8) is 0 Å². The van der Waals surface area contributed by atoms with Crippen LogP contribution in [0.4, 0.5) is 5.69 Å². The summed E-state index contributed by atoms with van der Waals surface area (Å²) in [6.07, 6.45) is 3.49. The molecule has 1 aliphatic carbocycles. The van der Waals surface area contributed by atoms with Crippen LogP contribution in [-0.2, 0) is 4.79 Å². The van der Waals surface area contributed by atoms with E-state index >= 15 is 0 Å². The smallest absolute Gasteiger partial charge is 0.329 e. The van der Waals surface area contributed by atoms with Gasteiger partial charge in [0, 0.05) is 11.8 Å². The number of carboxylic acid groups (broad SMARTS) is 1. The number of benzene rings is 1. The summed E-state index contributed by atoms with van der Waals surface area (Å²) in [5.41, 5.74) is -0.0247. The normalized spacial score (nSPS) is 26.1. The highest BCUT2D eigenvalue weighted by atomic mass is 16.5. The number of methoxy groups -OCH3 is 1. The number of hydrogen-bond donors (Lipinski definition) is 2. The molecule has 0 aromatic heterocycles. The lowest BCUT2D eigenvalue weighted by atomic mass is 9.85. The number of nitrogens with one attached hydrogen (secondary N) is 1. The molecular formula is C15H21NO3. The number of carbonyl (C=O) groups is 1. The first-order valence-corrected chi connectivity index (χ1v) is 6.78. The van der Waals surface area contributed by atoms with Crippen molar-refractivity contribution >= 4 is 11.7 Å². The van der Waals surface area contributed by atoms with E-state index in [4.69, 9.17) is 4.74 Å². The lowest BCUT2D eigenvalue weighted by molar-refractivity contribution is -0.143. The summed E-state index contributed by atoms with van der Waals surface area (Å²) in [4.78, 5) is 11.8. The number of rotatable bonds is 5. The van der Waals surface area contributed by atoms with Gasteiger partial charge in [0.2, 0.25) is 0 Å². The Balaban J connectivity index is 2.28. The Labute approximate surface area is 113 Å². The van der Waals surface area contributed by atoms with Crippen LogP contribution >= 0.6 is 0 Å². The molecule has 0 radical (unpaired) electrons. The maximum Gasteiger partial charge on any atom is 0.329 e. The average molecular weight is 263 g/mol. The van der Waals surface area contributed by atoms with Crippen molar-refractivity contribution in [2.75, 3.05) is 12.4 Å². The summed E-state index contributed by atoms with van der Waals surface area (Å²) >= 11 is 0. The molecule has 0 aliphatic heterocycles. The third-order valence-electron chi connectivity index (χ3n) is 4.13. The van der Waals surface area contributed by atoms with Gasteiger partial charge >= 0.3 is 5.97 Å². The maximum absolute atomic E-state index is 11.8. The number of hydrogen-bond acceptors (Lipinski definition) is 3. The van der Waals surface area contributed by atoms with E-state index in [0.717, 1.165) is 30.7 Å². The number of anilines is 1. The quantitative estimate of drug-likeness (QED) is 0.856. The summed E-state index contributed by atoms with van der Waals surface area (Å²) in [6, 6.07) is 7.45. The minimum atomic E-state index is -0.832. The second kappa shape index (κ2) is 5.51. The van der Waals surface area contributed by atoms with Gasteiger partial charge in [0.25, 0.3) is 0 Å². The van der Waals surface area contributed by atoms with Crippen molar-refractivity contribution in [2.24, 2.45) is 5.92 Å². The van der Waals surface area contributed by atoms with Gasteiger partial charge < -0.3 is 15.2 Å². The van der Waals surface area contributed by atoms with Gasteiger partial charge in [0.15, 0.2) is 0 Å². The SMILES string of the molecule is CCC1CCCC1(Nc1cccc(OC)c1)C(=O)O. The molecule has 1 aromatic carbocycles. The molecular weight excluding hydrogens is 242 g/mol. The fourth-order valence-electron chi connectivity index (χ4n) is 3.09. The molecule has 4 heteroatoms. The van der Waals surface area contributed by atoms with Crippen molar-refractivity contribution in [3.05, 3.63) is 24.3 Å². The summed E-state index contributed by atoms with van der Waals surface area (Å²) in [6.45, 7) is 2.06. The summed E-state index contributed by atoms with van der Waals surface area (Å²) in [5, 5.41) is 12.9. The first-order valence-electron chi connectivity index (χ1n) is 6.78. The van der Waals surface area contributed by atoms with Crippen LogP contribution in [0.5, 0.6) is 5.75 Å². The molecule has 1 saturated carbocycles. The molecule has 1 fully saturated rings. The highest BCUT2D eigenvalue weighted by Gasteiger charge is 2.48. The molecule has 2 atom stereocenters. The van der Waals surface area contributed by atoms with Crippen LogP contribution in [-0.4, -0.2) is 23.7 Å². The first-order chi connectivity index (χ1) is 9.12. The Kier molecular flexibility index (Phi) is 3.98. The topological polar surface area (TPSA) is 58.6 Å². The Hall–Kier alpha value is -1.71. The Morgan fingerprint density at radius 3 is 3.00 bits per heavy atom. The molecule has 0 saturated heterocycles. The molecule has 0 spiro atoms. The Bertz CT molecular complexity index is 460. The molecule has 104 valence electrons. The zero-order chi connectivity index (χ0) is 13.9. The molecule has 4 nitrogen and oxygen atoms in total. The van der Waals surface area contributed by atoms with E-state index in [-0.39, 0.29) is 5.92 Å². The van der Waals surface area contributed by atoms with Crippen LogP contribution in [0.3, 0.4) is 0 Å². The third kappa shape index (κ3) is 2.53. The van der Waals surface area contributed by atoms with Crippen LogP contribution in [0, 0.1) is 5.92 Å². The number of aliphatic carboxylic acids is 1. The standard InChI is InChI=1S/C15H21NO3/c1-3-11-6-5-9-15(11,14(17)18)16-12-7-4-8-13(10-12)19-2/h4,7-8,10-11,16H,3,5-6,9H2,1-2H3,(H,17,18). The molecule has 2 N–H and O–H groups in total. The van der Waals surface area contributed by atoms with Crippen LogP contribution in [0.25, 0.3) is 0 Å². The van der Waals surface area contributed by atoms with Gasteiger partial charge in [-0.15, -0.1) is 0 Å². The second-order valence-corrected chi connectivity index (χ2v) is 5.13. The highest BCUT2D eigenvalue weighted by Crippen LogP contribution is 2.41. The van der Waals surface area contributed by atoms with Crippen LogP contribution in [0.2, 0.25) is 0 Å². The van der Waals surface area contributed by atoms with E-state index in [9.17, 15) is 9.90 Å². The van der Waals surface area contributed by atoms with Crippen LogP contribution < -0.4 is 10.1 Å². The molecule has 19 heavy (non-hydrogen) atoms. The van der Waals surface area contributed by atoms with Crippen molar-refractivity contribution < 1.29 is 14.6 Å². The zero-order valence-corrected chi connectivity index (χ0v) is 11.5. The van der Waals surface area contributed by atoms with Gasteiger partial charge in [-0.3, -0.25) is 0 Å². The lowest BCUT2D eigenvalue weighted by Crippen LogP contribution is -2.49. The zero-order valence-electron chi connectivity index (χ0n) is 11.5. The fraction of sp³-hybridized carbons (Fsp3) is 0.533. The van der Waals surface area contributed by atoms with E-state index in [1.54, 1.807) is 7.11 Å². The molecule has 2 rings (SSSR count). The minimum Gasteiger partial charge on any atom is -0.497 e. The minimum absolute atomic E-state index is 0.177. The third-order valence-corrected chi connectivity index (χ3v) is 4.13. The van der Waals surface area contributed by atoms with Crippen LogP contribution in [0.15, 0.2) is 24.3 Å². The number of ether oxygens (including phenoxy) is 1. The molecule has 0 heterocycles. The van der Waals surface area contributed by atoms with Gasteiger partial charge in [-0.25, -0.2) is 4.79 Å². The summed E-state index contributed by atoms with van der Waals surface area (Å²) < 4.78 is 5.18. The fourth-order valence-corrected chi connectivity index (χ4v) is 3.09. The largest absolute Gasteiger partial charge is 0.497 e. The van der Waals surface area contributed by atoms with Gasteiger partial charge in [-0.2, -0.15) is 0 Å². The lowest BCUT2D eigenvalue weighted by Gasteiger charge is -2.33. The van der Waals surface area contributed by atoms with Crippen molar-refractivity contribution in [2.45, 2.75) is 38.1 Å². The molecule has 1 aromatic rings. The summed E-state index contributed by atoms with van der Waals surface area (Å²) in [5.74, 6) is 0.160. The van der Waals surface area contributed by atoms with Gasteiger partial charge in [0.05, 0.1) is 7.11 Å². The van der Waals surface area contributed by atoms with Crippen LogP contribution in [0.1, 0.15) is 32.6 Å². The molecule has 2 unspecified atom stereocenters. The van der Waals surface area contributed by atoms with E-state index < -0.39 is 11.5 Å². The van der Waals surface area contributed by atoms with E-state index in [0.29, 0.717) is 6.42 Å². The highest BCUT2D eigenvalue weighted by molar-refractivity contribution is 5.84. The van der Waals surface area contributed by atoms with E-state index in [2.05, 4.69) is 12.2 Å². The molecule has 0 bridgehead atoms. The van der Waals surface area contributed by atoms with Gasteiger partial charge in [-0.05, 0) is 30.9 Å². The van der Waals surface area contributed by atoms with E-state index in [1.165, 1.54) is 0 Å². The summed E-state index contributed by atoms with van der Waals surface area (Å²) in [7, 11) is 1.61. The predicted octanol–water partition coefficient (Wildman–Crippen LogP) is 3.14. The predicted molar refractivity (Wildman–Crippen MR) is 74.6 cm³/mol. The number of carboxylic acids is 1. The maximum atomic E-state index is 11.8. The second-order valence-electron chi connectivity index (χ2n) is 5.13. The Morgan fingerprint density at radius 2 is 2.37 bits per heavy atom. The van der Waals surface area contributed by atoms with E-state index in [1.807, 2.05) is 24.3 Å². The Morgan fingerprint density at radius 1 is 1.58 bits per heavy atom. The monoisotopic (exact) mass is 263 g/mol. The van der Waals surface area contributed by atoms with Crippen molar-refractivity contribution in [1.82, 2.24) is 0 Å².